The van der Waals surface area contributed by atoms with Crippen LogP contribution in [0, 0.1) is 0 Å². The van der Waals surface area contributed by atoms with Crippen molar-refractivity contribution < 1.29 is 0 Å². The fourth-order valence-electron chi connectivity index (χ4n) is 2.34. The highest BCUT2D eigenvalue weighted by molar-refractivity contribution is 9.11. The maximum atomic E-state index is 5.69. The molecule has 0 aliphatic rings. The second kappa shape index (κ2) is 7.36. The summed E-state index contributed by atoms with van der Waals surface area (Å²) in [5, 5.41) is 6.80. The minimum Gasteiger partial charge on any atom is -0.271 e. The third kappa shape index (κ3) is 3.69. The lowest BCUT2D eigenvalue weighted by atomic mass is 10.1. The van der Waals surface area contributed by atoms with Gasteiger partial charge in [0.05, 0.1) is 21.6 Å². The lowest BCUT2D eigenvalue weighted by Crippen LogP contribution is -2.29. The summed E-state index contributed by atoms with van der Waals surface area (Å²) in [6.07, 6.45) is 5.08. The average molecular weight is 357 g/mol. The van der Waals surface area contributed by atoms with E-state index in [9.17, 15) is 0 Å². The van der Waals surface area contributed by atoms with Crippen molar-refractivity contribution in [1.29, 1.82) is 0 Å². The molecule has 0 aliphatic carbocycles. The summed E-state index contributed by atoms with van der Waals surface area (Å²) in [5.74, 6) is 5.69. The van der Waals surface area contributed by atoms with Gasteiger partial charge in [-0.15, -0.1) is 11.3 Å². The molecule has 4 nitrogen and oxygen atoms in total. The first kappa shape index (κ1) is 15.7. The Balaban J connectivity index is 2.08. The van der Waals surface area contributed by atoms with Crippen LogP contribution in [-0.4, -0.2) is 9.78 Å². The van der Waals surface area contributed by atoms with Gasteiger partial charge in [0.25, 0.3) is 0 Å². The fraction of sp³-hybridized carbons (Fsp3) is 0.500. The zero-order valence-corrected chi connectivity index (χ0v) is 14.2. The number of nitrogens with one attached hydrogen (secondary N) is 1. The van der Waals surface area contributed by atoms with Crippen LogP contribution < -0.4 is 11.3 Å². The van der Waals surface area contributed by atoms with Gasteiger partial charge in [0, 0.05) is 12.6 Å². The summed E-state index contributed by atoms with van der Waals surface area (Å²) in [6.45, 7) is 4.39. The SMILES string of the molecule is CCC(CC)n1ccc(CC(NN)c2csc(Br)c2)n1. The Morgan fingerprint density at radius 2 is 2.20 bits per heavy atom. The van der Waals surface area contributed by atoms with Crippen molar-refractivity contribution in [1.82, 2.24) is 15.2 Å². The van der Waals surface area contributed by atoms with Gasteiger partial charge in [-0.1, -0.05) is 13.8 Å². The number of hydrazine groups is 1. The van der Waals surface area contributed by atoms with Crippen molar-refractivity contribution in [2.45, 2.75) is 45.2 Å². The van der Waals surface area contributed by atoms with Crippen LogP contribution in [0.15, 0.2) is 27.5 Å². The first-order valence-electron chi connectivity index (χ1n) is 6.92. The summed E-state index contributed by atoms with van der Waals surface area (Å²) in [5.41, 5.74) is 5.15. The van der Waals surface area contributed by atoms with Crippen molar-refractivity contribution in [3.8, 4) is 0 Å². The molecule has 0 amide bonds. The summed E-state index contributed by atoms with van der Waals surface area (Å²) in [7, 11) is 0. The van der Waals surface area contributed by atoms with Gasteiger partial charge in [-0.05, 0) is 51.8 Å². The highest BCUT2D eigenvalue weighted by Crippen LogP contribution is 2.27. The second-order valence-corrected chi connectivity index (χ2v) is 7.16. The van der Waals surface area contributed by atoms with E-state index in [0.29, 0.717) is 6.04 Å². The highest BCUT2D eigenvalue weighted by atomic mass is 79.9. The van der Waals surface area contributed by atoms with Crippen LogP contribution in [0.5, 0.6) is 0 Å². The molecule has 0 spiro atoms. The fourth-order valence-corrected chi connectivity index (χ4v) is 3.57. The molecule has 0 bridgehead atoms. The van der Waals surface area contributed by atoms with Gasteiger partial charge in [0.2, 0.25) is 0 Å². The first-order chi connectivity index (χ1) is 9.67. The quantitative estimate of drug-likeness (QED) is 0.585. The number of nitrogens with zero attached hydrogens (tertiary/aromatic N) is 2. The Morgan fingerprint density at radius 1 is 1.45 bits per heavy atom. The number of thiophene rings is 1. The minimum atomic E-state index is 0.0996. The second-order valence-electron chi connectivity index (χ2n) is 4.86. The summed E-state index contributed by atoms with van der Waals surface area (Å²) in [6, 6.07) is 4.78. The Hall–Kier alpha value is -0.690. The largest absolute Gasteiger partial charge is 0.271 e. The van der Waals surface area contributed by atoms with E-state index in [1.807, 2.05) is 0 Å². The number of hydrogen-bond donors (Lipinski definition) is 2. The third-order valence-corrected chi connectivity index (χ3v) is 5.11. The molecule has 0 saturated carbocycles. The lowest BCUT2D eigenvalue weighted by molar-refractivity contribution is 0.422. The molecule has 2 aromatic heterocycles. The Bertz CT molecular complexity index is 533. The molecule has 0 aromatic carbocycles. The predicted octanol–water partition coefficient (Wildman–Crippen LogP) is 3.82. The number of aromatic nitrogens is 2. The van der Waals surface area contributed by atoms with E-state index in [0.717, 1.165) is 28.7 Å². The van der Waals surface area contributed by atoms with Gasteiger partial charge in [-0.3, -0.25) is 16.0 Å². The van der Waals surface area contributed by atoms with Crippen LogP contribution in [0.2, 0.25) is 0 Å². The van der Waals surface area contributed by atoms with Gasteiger partial charge in [0.1, 0.15) is 0 Å². The minimum absolute atomic E-state index is 0.0996. The van der Waals surface area contributed by atoms with Crippen LogP contribution in [0.4, 0.5) is 0 Å². The van der Waals surface area contributed by atoms with Crippen molar-refractivity contribution in [3.63, 3.8) is 0 Å². The van der Waals surface area contributed by atoms with E-state index >= 15 is 0 Å². The number of halogens is 1. The van der Waals surface area contributed by atoms with Gasteiger partial charge in [0.15, 0.2) is 0 Å². The van der Waals surface area contributed by atoms with E-state index in [1.54, 1.807) is 11.3 Å². The van der Waals surface area contributed by atoms with Crippen LogP contribution in [0.1, 0.15) is 50.0 Å². The Kier molecular flexibility index (Phi) is 5.77. The van der Waals surface area contributed by atoms with E-state index in [1.165, 1.54) is 5.56 Å². The molecule has 0 radical (unpaired) electrons. The zero-order chi connectivity index (χ0) is 14.5. The zero-order valence-electron chi connectivity index (χ0n) is 11.8. The average Bonchev–Trinajstić information content (AvgIpc) is 3.07. The monoisotopic (exact) mass is 356 g/mol. The van der Waals surface area contributed by atoms with Crippen molar-refractivity contribution in [3.05, 3.63) is 38.8 Å². The number of hydrogen-bond acceptors (Lipinski definition) is 4. The smallest absolute Gasteiger partial charge is 0.0701 e. The van der Waals surface area contributed by atoms with E-state index in [4.69, 9.17) is 5.84 Å². The molecule has 1 unspecified atom stereocenters. The van der Waals surface area contributed by atoms with Gasteiger partial charge in [-0.2, -0.15) is 5.10 Å². The molecule has 110 valence electrons. The van der Waals surface area contributed by atoms with E-state index in [2.05, 4.69) is 68.7 Å². The molecular weight excluding hydrogens is 336 g/mol. The Labute approximate surface area is 132 Å². The highest BCUT2D eigenvalue weighted by Gasteiger charge is 2.15. The normalized spacial score (nSPS) is 13.1. The van der Waals surface area contributed by atoms with Crippen LogP contribution in [0.3, 0.4) is 0 Å². The lowest BCUT2D eigenvalue weighted by Gasteiger charge is -2.14. The molecule has 20 heavy (non-hydrogen) atoms. The molecule has 0 aliphatic heterocycles. The van der Waals surface area contributed by atoms with Crippen LogP contribution >= 0.6 is 27.3 Å². The number of nitrogens with two attached hydrogens (primary N) is 1. The Morgan fingerprint density at radius 3 is 2.75 bits per heavy atom. The topological polar surface area (TPSA) is 55.9 Å². The summed E-state index contributed by atoms with van der Waals surface area (Å²) < 4.78 is 3.20. The predicted molar refractivity (Wildman–Crippen MR) is 87.6 cm³/mol. The van der Waals surface area contributed by atoms with Crippen molar-refractivity contribution >= 4 is 27.3 Å². The maximum Gasteiger partial charge on any atom is 0.0701 e. The third-order valence-electron chi connectivity index (χ3n) is 3.58. The van der Waals surface area contributed by atoms with Crippen LogP contribution in [0.25, 0.3) is 0 Å². The van der Waals surface area contributed by atoms with Crippen molar-refractivity contribution in [2.75, 3.05) is 0 Å². The van der Waals surface area contributed by atoms with Gasteiger partial charge >= 0.3 is 0 Å². The number of rotatable bonds is 7. The molecule has 6 heteroatoms. The molecule has 1 atom stereocenters. The molecule has 0 saturated heterocycles. The molecule has 2 aromatic rings. The van der Waals surface area contributed by atoms with Gasteiger partial charge in [-0.25, -0.2) is 0 Å². The molecular formula is C14H21BrN4S. The molecule has 0 fully saturated rings. The first-order valence-corrected chi connectivity index (χ1v) is 8.59. The summed E-state index contributed by atoms with van der Waals surface area (Å²) in [4.78, 5) is 0. The van der Waals surface area contributed by atoms with E-state index < -0.39 is 0 Å². The standard InChI is InChI=1S/C14H21BrN4S/c1-3-12(4-2)19-6-5-11(18-19)8-13(17-16)10-7-14(15)20-9-10/h5-7,9,12-13,17H,3-4,8,16H2,1-2H3. The van der Waals surface area contributed by atoms with E-state index in [-0.39, 0.29) is 6.04 Å². The van der Waals surface area contributed by atoms with Crippen molar-refractivity contribution in [2.24, 2.45) is 5.84 Å². The molecule has 2 rings (SSSR count). The summed E-state index contributed by atoms with van der Waals surface area (Å²) >= 11 is 5.16. The van der Waals surface area contributed by atoms with Gasteiger partial charge < -0.3 is 0 Å². The molecule has 3 N–H and O–H groups in total. The van der Waals surface area contributed by atoms with Crippen LogP contribution in [-0.2, 0) is 6.42 Å². The maximum absolute atomic E-state index is 5.69. The molecule has 2 heterocycles.